The molecule has 2 aromatic rings. The summed E-state index contributed by atoms with van der Waals surface area (Å²) < 4.78 is 1.76. The molecule has 0 saturated carbocycles. The maximum atomic E-state index is 12.7. The second kappa shape index (κ2) is 8.06. The van der Waals surface area contributed by atoms with E-state index in [4.69, 9.17) is 0 Å². The smallest absolute Gasteiger partial charge is 0.313 e. The fourth-order valence-corrected chi connectivity index (χ4v) is 3.90. The third-order valence-corrected chi connectivity index (χ3v) is 5.54. The van der Waals surface area contributed by atoms with Crippen molar-refractivity contribution in [1.29, 1.82) is 0 Å². The Bertz CT molecular complexity index is 946. The molecule has 8 nitrogen and oxygen atoms in total. The third-order valence-electron chi connectivity index (χ3n) is 5.54. The van der Waals surface area contributed by atoms with E-state index in [1.165, 1.54) is 4.90 Å². The molecule has 0 atom stereocenters. The van der Waals surface area contributed by atoms with E-state index in [-0.39, 0.29) is 12.5 Å². The maximum absolute atomic E-state index is 12.7. The number of hydrogen-bond acceptors (Lipinski definition) is 4. The summed E-state index contributed by atoms with van der Waals surface area (Å²) in [5.74, 6) is -1.28. The largest absolute Gasteiger partial charge is 0.337 e. The van der Waals surface area contributed by atoms with Crippen LogP contribution in [0.4, 0.5) is 5.69 Å². The van der Waals surface area contributed by atoms with Gasteiger partial charge >= 0.3 is 11.8 Å². The zero-order chi connectivity index (χ0) is 20.4. The van der Waals surface area contributed by atoms with E-state index < -0.39 is 11.8 Å². The molecule has 2 aliphatic rings. The van der Waals surface area contributed by atoms with E-state index in [0.29, 0.717) is 24.5 Å². The topological polar surface area (TPSA) is 87.5 Å². The number of carbonyl (C=O) groups is 3. The van der Waals surface area contributed by atoms with Crippen LogP contribution in [0.15, 0.2) is 30.3 Å². The van der Waals surface area contributed by atoms with E-state index in [1.54, 1.807) is 16.8 Å². The second-order valence-electron chi connectivity index (χ2n) is 7.43. The van der Waals surface area contributed by atoms with Crippen LogP contribution in [0.3, 0.4) is 0 Å². The first-order chi connectivity index (χ1) is 14.1. The minimum Gasteiger partial charge on any atom is -0.337 e. The van der Waals surface area contributed by atoms with E-state index in [0.717, 1.165) is 43.6 Å². The molecule has 0 aliphatic carbocycles. The van der Waals surface area contributed by atoms with Crippen LogP contribution in [0.2, 0.25) is 0 Å². The lowest BCUT2D eigenvalue weighted by molar-refractivity contribution is -0.144. The molecule has 29 heavy (non-hydrogen) atoms. The lowest BCUT2D eigenvalue weighted by Gasteiger charge is -2.27. The normalized spacial score (nSPS) is 15.9. The number of hydrogen-bond donors (Lipinski definition) is 1. The van der Waals surface area contributed by atoms with Gasteiger partial charge in [-0.15, -0.1) is 0 Å². The van der Waals surface area contributed by atoms with E-state index in [1.807, 2.05) is 30.0 Å². The quantitative estimate of drug-likeness (QED) is 0.801. The average molecular weight is 395 g/mol. The Morgan fingerprint density at radius 1 is 1.03 bits per heavy atom. The Kier molecular flexibility index (Phi) is 5.33. The molecule has 1 N–H and O–H groups in total. The summed E-state index contributed by atoms with van der Waals surface area (Å²) in [6, 6.07) is 9.20. The zero-order valence-corrected chi connectivity index (χ0v) is 16.6. The summed E-state index contributed by atoms with van der Waals surface area (Å²) in [7, 11) is 0. The first-order valence-corrected chi connectivity index (χ1v) is 10.1. The monoisotopic (exact) mass is 395 g/mol. The summed E-state index contributed by atoms with van der Waals surface area (Å²) in [6.45, 7) is 4.65. The minimum atomic E-state index is -0.646. The highest BCUT2D eigenvalue weighted by Gasteiger charge is 2.29. The van der Waals surface area contributed by atoms with Crippen molar-refractivity contribution in [2.24, 2.45) is 0 Å². The van der Waals surface area contributed by atoms with Gasteiger partial charge < -0.3 is 15.1 Å². The van der Waals surface area contributed by atoms with Gasteiger partial charge in [-0.3, -0.25) is 19.1 Å². The van der Waals surface area contributed by atoms with E-state index in [9.17, 15) is 14.4 Å². The highest BCUT2D eigenvalue weighted by Crippen LogP contribution is 2.19. The van der Waals surface area contributed by atoms with Crippen molar-refractivity contribution in [3.05, 3.63) is 47.3 Å². The molecular weight excluding hydrogens is 370 g/mol. The average Bonchev–Trinajstić information content (AvgIpc) is 3.42. The predicted molar refractivity (Wildman–Crippen MR) is 107 cm³/mol. The SMILES string of the molecule is CCc1ccccc1NC(=O)C(=O)N1CCn2nc(C(=O)N3CCCC3)cc2C1. The molecule has 8 heteroatoms. The number of anilines is 1. The Labute approximate surface area is 169 Å². The molecule has 4 rings (SSSR count). The van der Waals surface area contributed by atoms with Gasteiger partial charge in [-0.25, -0.2) is 0 Å². The molecular formula is C21H25N5O3. The molecule has 0 spiro atoms. The first kappa shape index (κ1) is 19.2. The summed E-state index contributed by atoms with van der Waals surface area (Å²) in [5, 5.41) is 7.14. The lowest BCUT2D eigenvalue weighted by atomic mass is 10.1. The molecule has 0 bridgehead atoms. The summed E-state index contributed by atoms with van der Waals surface area (Å²) >= 11 is 0. The van der Waals surface area contributed by atoms with Crippen LogP contribution in [0.1, 0.15) is 41.5 Å². The Balaban J connectivity index is 1.43. The van der Waals surface area contributed by atoms with Crippen LogP contribution < -0.4 is 5.32 Å². The van der Waals surface area contributed by atoms with Gasteiger partial charge in [0, 0.05) is 25.3 Å². The van der Waals surface area contributed by atoms with Crippen LogP contribution in [0, 0.1) is 0 Å². The van der Waals surface area contributed by atoms with Crippen molar-refractivity contribution in [1.82, 2.24) is 19.6 Å². The van der Waals surface area contributed by atoms with Crippen LogP contribution in [-0.4, -0.2) is 56.9 Å². The number of nitrogens with one attached hydrogen (secondary N) is 1. The predicted octanol–water partition coefficient (Wildman–Crippen LogP) is 1.66. The molecule has 3 heterocycles. The van der Waals surface area contributed by atoms with Crippen LogP contribution in [-0.2, 0) is 29.1 Å². The molecule has 1 fully saturated rings. The van der Waals surface area contributed by atoms with Crippen LogP contribution in [0.25, 0.3) is 0 Å². The number of nitrogens with zero attached hydrogens (tertiary/aromatic N) is 4. The Morgan fingerprint density at radius 3 is 2.55 bits per heavy atom. The fraction of sp³-hybridized carbons (Fsp3) is 0.429. The molecule has 1 aromatic carbocycles. The number of amides is 3. The molecule has 3 amide bonds. The first-order valence-electron chi connectivity index (χ1n) is 10.1. The van der Waals surface area contributed by atoms with Gasteiger partial charge in [-0.2, -0.15) is 5.10 Å². The third kappa shape index (κ3) is 3.87. The van der Waals surface area contributed by atoms with Crippen molar-refractivity contribution in [3.63, 3.8) is 0 Å². The van der Waals surface area contributed by atoms with Crippen molar-refractivity contribution in [2.45, 2.75) is 39.3 Å². The number of benzene rings is 1. The fourth-order valence-electron chi connectivity index (χ4n) is 3.90. The van der Waals surface area contributed by atoms with Crippen molar-refractivity contribution >= 4 is 23.4 Å². The highest BCUT2D eigenvalue weighted by atomic mass is 16.2. The standard InChI is InChI=1S/C21H25N5O3/c1-2-15-7-3-4-8-17(15)22-19(27)21(29)25-11-12-26-16(14-25)13-18(23-26)20(28)24-9-5-6-10-24/h3-4,7-8,13H,2,5-6,9-12,14H2,1H3,(H,22,27). The number of rotatable bonds is 3. The molecule has 1 saturated heterocycles. The molecule has 0 radical (unpaired) electrons. The van der Waals surface area contributed by atoms with Crippen molar-refractivity contribution in [3.8, 4) is 0 Å². The van der Waals surface area contributed by atoms with Crippen molar-refractivity contribution in [2.75, 3.05) is 25.0 Å². The van der Waals surface area contributed by atoms with Crippen LogP contribution in [0.5, 0.6) is 0 Å². The Hall–Kier alpha value is -3.16. The highest BCUT2D eigenvalue weighted by molar-refractivity contribution is 6.39. The summed E-state index contributed by atoms with van der Waals surface area (Å²) in [6.07, 6.45) is 2.82. The van der Waals surface area contributed by atoms with E-state index >= 15 is 0 Å². The Morgan fingerprint density at radius 2 is 1.79 bits per heavy atom. The molecule has 2 aliphatic heterocycles. The lowest BCUT2D eigenvalue weighted by Crippen LogP contribution is -2.44. The molecule has 1 aromatic heterocycles. The number of likely N-dealkylation sites (tertiary alicyclic amines) is 1. The number of aromatic nitrogens is 2. The number of para-hydroxylation sites is 1. The van der Waals surface area contributed by atoms with Crippen molar-refractivity contribution < 1.29 is 14.4 Å². The van der Waals surface area contributed by atoms with Gasteiger partial charge in [0.1, 0.15) is 0 Å². The summed E-state index contributed by atoms with van der Waals surface area (Å²) in [5.41, 5.74) is 2.83. The summed E-state index contributed by atoms with van der Waals surface area (Å²) in [4.78, 5) is 41.0. The molecule has 0 unspecified atom stereocenters. The molecule has 152 valence electrons. The van der Waals surface area contributed by atoms with E-state index in [2.05, 4.69) is 10.4 Å². The van der Waals surface area contributed by atoms with Gasteiger partial charge in [-0.05, 0) is 37.0 Å². The number of aryl methyl sites for hydroxylation is 1. The van der Waals surface area contributed by atoms with Gasteiger partial charge in [0.2, 0.25) is 0 Å². The van der Waals surface area contributed by atoms with Crippen LogP contribution >= 0.6 is 0 Å². The number of carbonyl (C=O) groups excluding carboxylic acids is 3. The second-order valence-corrected chi connectivity index (χ2v) is 7.43. The number of fused-ring (bicyclic) bond motifs is 1. The van der Waals surface area contributed by atoms with Gasteiger partial charge in [0.25, 0.3) is 5.91 Å². The maximum Gasteiger partial charge on any atom is 0.313 e. The minimum absolute atomic E-state index is 0.0591. The van der Waals surface area contributed by atoms with Gasteiger partial charge in [0.15, 0.2) is 5.69 Å². The van der Waals surface area contributed by atoms with Gasteiger partial charge in [0.05, 0.1) is 18.8 Å². The zero-order valence-electron chi connectivity index (χ0n) is 16.6. The van der Waals surface area contributed by atoms with Gasteiger partial charge in [-0.1, -0.05) is 25.1 Å².